The third-order valence-electron chi connectivity index (χ3n) is 2.75. The van der Waals surface area contributed by atoms with Crippen LogP contribution in [0, 0.1) is 0 Å². The van der Waals surface area contributed by atoms with E-state index < -0.39 is 18.2 Å². The summed E-state index contributed by atoms with van der Waals surface area (Å²) in [5, 5.41) is 12.4. The van der Waals surface area contributed by atoms with Crippen molar-refractivity contribution >= 4 is 5.97 Å². The molecule has 0 aliphatic carbocycles. The molecule has 1 aromatic heterocycles. The number of alkyl halides is 2. The number of hydrogen-bond acceptors (Lipinski definition) is 5. The molecule has 1 heterocycles. The predicted octanol–water partition coefficient (Wildman–Crippen LogP) is 2.99. The molecule has 0 amide bonds. The third-order valence-corrected chi connectivity index (χ3v) is 2.75. The lowest BCUT2D eigenvalue weighted by atomic mass is 10.1. The van der Waals surface area contributed by atoms with Gasteiger partial charge >= 0.3 is 5.97 Å². The van der Waals surface area contributed by atoms with E-state index in [9.17, 15) is 13.6 Å². The molecule has 0 atom stereocenters. The van der Waals surface area contributed by atoms with Gasteiger partial charge in [0.15, 0.2) is 11.5 Å². The Hall–Kier alpha value is -2.64. The number of rotatable bonds is 5. The maximum atomic E-state index is 12.9. The van der Waals surface area contributed by atoms with Crippen LogP contribution in [0.25, 0.3) is 11.3 Å². The summed E-state index contributed by atoms with van der Waals surface area (Å²) < 4.78 is 40.6. The van der Waals surface area contributed by atoms with Crippen LogP contribution >= 0.6 is 0 Å². The average molecular weight is 299 g/mol. The first-order chi connectivity index (χ1) is 9.97. The van der Waals surface area contributed by atoms with Gasteiger partial charge in [-0.25, -0.2) is 13.6 Å². The van der Waals surface area contributed by atoms with Crippen molar-refractivity contribution in [3.8, 4) is 22.8 Å². The van der Waals surface area contributed by atoms with Crippen LogP contribution in [0.4, 0.5) is 8.78 Å². The van der Waals surface area contributed by atoms with Crippen molar-refractivity contribution in [2.75, 3.05) is 14.2 Å². The molecule has 0 bridgehead atoms. The topological polar surface area (TPSA) is 81.8 Å². The SMILES string of the molecule is COc1cc(C(F)F)cc(-c2cc(C(=O)O)on2)c1OC. The Labute approximate surface area is 117 Å². The number of halogens is 2. The van der Waals surface area contributed by atoms with E-state index in [0.717, 1.165) is 18.2 Å². The summed E-state index contributed by atoms with van der Waals surface area (Å²) in [6, 6.07) is 3.41. The average Bonchev–Trinajstić information content (AvgIpc) is 2.95. The van der Waals surface area contributed by atoms with Gasteiger partial charge in [-0.2, -0.15) is 0 Å². The summed E-state index contributed by atoms with van der Waals surface area (Å²) >= 11 is 0. The van der Waals surface area contributed by atoms with E-state index in [-0.39, 0.29) is 28.3 Å². The Morgan fingerprint density at radius 1 is 1.29 bits per heavy atom. The number of methoxy groups -OCH3 is 2. The molecule has 0 aliphatic heterocycles. The second-order valence-corrected chi connectivity index (χ2v) is 3.99. The standard InChI is InChI=1S/C13H11F2NO5/c1-19-9-4-6(12(14)15)3-7(11(9)20-2)8-5-10(13(17)18)21-16-8/h3-5,12H,1-2H3,(H,17,18). The lowest BCUT2D eigenvalue weighted by Gasteiger charge is -2.13. The van der Waals surface area contributed by atoms with Crippen molar-refractivity contribution in [3.63, 3.8) is 0 Å². The van der Waals surface area contributed by atoms with Crippen molar-refractivity contribution in [2.45, 2.75) is 6.43 Å². The summed E-state index contributed by atoms with van der Waals surface area (Å²) in [5.41, 5.74) is -0.0871. The van der Waals surface area contributed by atoms with Crippen molar-refractivity contribution in [1.29, 1.82) is 0 Å². The first-order valence-electron chi connectivity index (χ1n) is 5.72. The molecule has 8 heteroatoms. The lowest BCUT2D eigenvalue weighted by molar-refractivity contribution is 0.0652. The first kappa shape index (κ1) is 14.8. The van der Waals surface area contributed by atoms with Crippen LogP contribution in [0.1, 0.15) is 22.5 Å². The number of carboxylic acid groups (broad SMARTS) is 1. The Bertz CT molecular complexity index is 669. The molecular formula is C13H11F2NO5. The van der Waals surface area contributed by atoms with Gasteiger partial charge in [0.1, 0.15) is 5.69 Å². The Kier molecular flexibility index (Phi) is 4.06. The highest BCUT2D eigenvalue weighted by molar-refractivity contribution is 5.86. The molecule has 112 valence electrons. The molecule has 0 saturated heterocycles. The smallest absolute Gasteiger partial charge is 0.374 e. The molecular weight excluding hydrogens is 288 g/mol. The molecule has 0 saturated carbocycles. The second kappa shape index (κ2) is 5.78. The molecule has 6 nitrogen and oxygen atoms in total. The van der Waals surface area contributed by atoms with Crippen LogP contribution in [0.15, 0.2) is 22.7 Å². The quantitative estimate of drug-likeness (QED) is 0.914. The highest BCUT2D eigenvalue weighted by atomic mass is 19.3. The molecule has 0 spiro atoms. The predicted molar refractivity (Wildman–Crippen MR) is 67.0 cm³/mol. The molecule has 0 fully saturated rings. The van der Waals surface area contributed by atoms with E-state index in [1.54, 1.807) is 0 Å². The summed E-state index contributed by atoms with van der Waals surface area (Å²) in [5.74, 6) is -1.48. The third kappa shape index (κ3) is 2.78. The number of benzene rings is 1. The number of ether oxygens (including phenoxy) is 2. The largest absolute Gasteiger partial charge is 0.493 e. The van der Waals surface area contributed by atoms with Crippen molar-refractivity contribution in [3.05, 3.63) is 29.5 Å². The van der Waals surface area contributed by atoms with Gasteiger partial charge in [-0.3, -0.25) is 0 Å². The van der Waals surface area contributed by atoms with Gasteiger partial charge in [0.2, 0.25) is 5.76 Å². The van der Waals surface area contributed by atoms with Gasteiger partial charge in [0.05, 0.1) is 19.8 Å². The van der Waals surface area contributed by atoms with E-state index in [1.165, 1.54) is 14.2 Å². The van der Waals surface area contributed by atoms with Gasteiger partial charge in [-0.1, -0.05) is 5.16 Å². The second-order valence-electron chi connectivity index (χ2n) is 3.99. The highest BCUT2D eigenvalue weighted by Gasteiger charge is 2.21. The number of nitrogens with zero attached hydrogens (tertiary/aromatic N) is 1. The monoisotopic (exact) mass is 299 g/mol. The fraction of sp³-hybridized carbons (Fsp3) is 0.231. The zero-order chi connectivity index (χ0) is 15.6. The molecule has 2 rings (SSSR count). The highest BCUT2D eigenvalue weighted by Crippen LogP contribution is 2.41. The van der Waals surface area contributed by atoms with E-state index in [0.29, 0.717) is 0 Å². The van der Waals surface area contributed by atoms with Crippen LogP contribution in [0.3, 0.4) is 0 Å². The number of aromatic carboxylic acids is 1. The molecule has 1 aromatic carbocycles. The normalized spacial score (nSPS) is 10.7. The minimum absolute atomic E-state index is 0.0602. The molecule has 21 heavy (non-hydrogen) atoms. The number of carbonyl (C=O) groups is 1. The van der Waals surface area contributed by atoms with Crippen LogP contribution in [-0.4, -0.2) is 30.5 Å². The van der Waals surface area contributed by atoms with Crippen LogP contribution < -0.4 is 9.47 Å². The van der Waals surface area contributed by atoms with E-state index >= 15 is 0 Å². The van der Waals surface area contributed by atoms with E-state index in [2.05, 4.69) is 9.68 Å². The minimum Gasteiger partial charge on any atom is -0.493 e. The number of carboxylic acids is 1. The van der Waals surface area contributed by atoms with Gasteiger partial charge < -0.3 is 19.1 Å². The summed E-state index contributed by atoms with van der Waals surface area (Å²) in [6.45, 7) is 0. The van der Waals surface area contributed by atoms with Crippen LogP contribution in [0.2, 0.25) is 0 Å². The van der Waals surface area contributed by atoms with E-state index in [1.807, 2.05) is 0 Å². The molecule has 0 radical (unpaired) electrons. The van der Waals surface area contributed by atoms with Gasteiger partial charge in [-0.15, -0.1) is 0 Å². The molecule has 2 aromatic rings. The summed E-state index contributed by atoms with van der Waals surface area (Å²) in [4.78, 5) is 10.8. The maximum Gasteiger partial charge on any atom is 0.374 e. The lowest BCUT2D eigenvalue weighted by Crippen LogP contribution is -1.97. The van der Waals surface area contributed by atoms with Crippen LogP contribution in [0.5, 0.6) is 11.5 Å². The van der Waals surface area contributed by atoms with E-state index in [4.69, 9.17) is 14.6 Å². The maximum absolute atomic E-state index is 12.9. The Morgan fingerprint density at radius 3 is 2.48 bits per heavy atom. The molecule has 0 unspecified atom stereocenters. The van der Waals surface area contributed by atoms with Crippen LogP contribution in [-0.2, 0) is 0 Å². The fourth-order valence-electron chi connectivity index (χ4n) is 1.80. The van der Waals surface area contributed by atoms with Gasteiger partial charge in [0.25, 0.3) is 6.43 Å². The Balaban J connectivity index is 2.63. The minimum atomic E-state index is -2.73. The van der Waals surface area contributed by atoms with Crippen molar-refractivity contribution < 1.29 is 32.7 Å². The van der Waals surface area contributed by atoms with Crippen molar-refractivity contribution in [2.24, 2.45) is 0 Å². The first-order valence-corrected chi connectivity index (χ1v) is 5.72. The summed E-state index contributed by atoms with van der Waals surface area (Å²) in [6.07, 6.45) is -2.73. The van der Waals surface area contributed by atoms with Crippen molar-refractivity contribution in [1.82, 2.24) is 5.16 Å². The van der Waals surface area contributed by atoms with Gasteiger partial charge in [-0.05, 0) is 12.1 Å². The Morgan fingerprint density at radius 2 is 2.00 bits per heavy atom. The summed E-state index contributed by atoms with van der Waals surface area (Å²) in [7, 11) is 2.64. The zero-order valence-corrected chi connectivity index (χ0v) is 11.1. The number of aromatic nitrogens is 1. The van der Waals surface area contributed by atoms with Gasteiger partial charge in [0, 0.05) is 11.6 Å². The zero-order valence-electron chi connectivity index (χ0n) is 11.1. The molecule has 1 N–H and O–H groups in total. The molecule has 0 aliphatic rings. The fourth-order valence-corrected chi connectivity index (χ4v) is 1.80. The number of hydrogen-bond donors (Lipinski definition) is 1.